The number of likely N-dealkylation sites (N-methyl/N-ethyl adjacent to an activating group) is 1. The molecule has 0 aromatic heterocycles. The van der Waals surface area contributed by atoms with E-state index in [0.29, 0.717) is 12.1 Å². The lowest BCUT2D eigenvalue weighted by Crippen LogP contribution is -2.57. The fraction of sp³-hybridized carbons (Fsp3) is 0.500. The van der Waals surface area contributed by atoms with Crippen LogP contribution in [0.5, 0.6) is 0 Å². The maximum Gasteiger partial charge on any atom is 0.146 e. The minimum absolute atomic E-state index is 0.0562. The van der Waals surface area contributed by atoms with Crippen molar-refractivity contribution in [1.29, 1.82) is 5.26 Å². The Bertz CT molecular complexity index is 455. The maximum atomic E-state index is 13.9. The molecule has 0 spiro atoms. The lowest BCUT2D eigenvalue weighted by molar-refractivity contribution is 0.232. The maximum absolute atomic E-state index is 13.9. The van der Waals surface area contributed by atoms with Crippen molar-refractivity contribution >= 4 is 5.69 Å². The number of piperazine rings is 1. The summed E-state index contributed by atoms with van der Waals surface area (Å²) in [4.78, 5) is 4.25. The summed E-state index contributed by atoms with van der Waals surface area (Å²) in [6.07, 6.45) is 0.420. The SMILES string of the molecule is CC1CN(C)CC(CC#N)N1c1ccccc1F. The average molecular weight is 247 g/mol. The third-order valence-electron chi connectivity index (χ3n) is 3.42. The van der Waals surface area contributed by atoms with Gasteiger partial charge in [0.2, 0.25) is 0 Å². The molecule has 1 aliphatic rings. The zero-order chi connectivity index (χ0) is 13.1. The van der Waals surface area contributed by atoms with E-state index in [9.17, 15) is 4.39 Å². The molecule has 4 heteroatoms. The summed E-state index contributed by atoms with van der Waals surface area (Å²) in [6, 6.07) is 9.27. The Hall–Kier alpha value is -1.60. The third kappa shape index (κ3) is 2.46. The minimum Gasteiger partial charge on any atom is -0.360 e. The molecule has 0 radical (unpaired) electrons. The van der Waals surface area contributed by atoms with Crippen LogP contribution >= 0.6 is 0 Å². The number of nitrogens with zero attached hydrogens (tertiary/aromatic N) is 3. The van der Waals surface area contributed by atoms with Gasteiger partial charge >= 0.3 is 0 Å². The molecule has 1 fully saturated rings. The summed E-state index contributed by atoms with van der Waals surface area (Å²) in [5.74, 6) is -0.211. The Balaban J connectivity index is 2.33. The lowest BCUT2D eigenvalue weighted by atomic mass is 10.0. The molecule has 2 unspecified atom stereocenters. The average Bonchev–Trinajstić information content (AvgIpc) is 2.31. The third-order valence-corrected chi connectivity index (χ3v) is 3.42. The summed E-state index contributed by atoms with van der Waals surface area (Å²) in [7, 11) is 2.04. The predicted octanol–water partition coefficient (Wildman–Crippen LogP) is 2.25. The second kappa shape index (κ2) is 5.36. The van der Waals surface area contributed by atoms with Crippen LogP contribution in [0.1, 0.15) is 13.3 Å². The molecule has 2 atom stereocenters. The number of hydrogen-bond acceptors (Lipinski definition) is 3. The monoisotopic (exact) mass is 247 g/mol. The van der Waals surface area contributed by atoms with Gasteiger partial charge in [-0.05, 0) is 26.1 Å². The highest BCUT2D eigenvalue weighted by Crippen LogP contribution is 2.27. The summed E-state index contributed by atoms with van der Waals surface area (Å²) >= 11 is 0. The van der Waals surface area contributed by atoms with Crippen molar-refractivity contribution in [2.75, 3.05) is 25.0 Å². The van der Waals surface area contributed by atoms with E-state index in [-0.39, 0.29) is 17.9 Å². The van der Waals surface area contributed by atoms with Crippen LogP contribution in [0.15, 0.2) is 24.3 Å². The molecule has 0 amide bonds. The zero-order valence-electron chi connectivity index (χ0n) is 10.8. The topological polar surface area (TPSA) is 30.3 Å². The first-order valence-corrected chi connectivity index (χ1v) is 6.22. The Morgan fingerprint density at radius 1 is 1.39 bits per heavy atom. The minimum atomic E-state index is -0.211. The number of halogens is 1. The fourth-order valence-electron chi connectivity index (χ4n) is 2.78. The van der Waals surface area contributed by atoms with Gasteiger partial charge in [-0.25, -0.2) is 4.39 Å². The van der Waals surface area contributed by atoms with Crippen LogP contribution in [0.25, 0.3) is 0 Å². The predicted molar refractivity (Wildman–Crippen MR) is 69.9 cm³/mol. The van der Waals surface area contributed by atoms with Crippen molar-refractivity contribution in [3.63, 3.8) is 0 Å². The number of nitriles is 1. The summed E-state index contributed by atoms with van der Waals surface area (Å²) in [5, 5.41) is 8.94. The van der Waals surface area contributed by atoms with E-state index in [2.05, 4.69) is 22.8 Å². The smallest absolute Gasteiger partial charge is 0.146 e. The Kier molecular flexibility index (Phi) is 3.83. The first kappa shape index (κ1) is 12.8. The van der Waals surface area contributed by atoms with Gasteiger partial charge in [-0.3, -0.25) is 0 Å². The van der Waals surface area contributed by atoms with Crippen molar-refractivity contribution in [3.05, 3.63) is 30.1 Å². The Morgan fingerprint density at radius 3 is 2.78 bits per heavy atom. The van der Waals surface area contributed by atoms with Crippen LogP contribution in [0.3, 0.4) is 0 Å². The first-order chi connectivity index (χ1) is 8.63. The largest absolute Gasteiger partial charge is 0.360 e. The van der Waals surface area contributed by atoms with Crippen molar-refractivity contribution in [3.8, 4) is 6.07 Å². The molecular formula is C14H18FN3. The molecule has 0 bridgehead atoms. The number of hydrogen-bond donors (Lipinski definition) is 0. The molecule has 1 aromatic carbocycles. The van der Waals surface area contributed by atoms with Crippen LogP contribution in [-0.4, -0.2) is 37.1 Å². The Labute approximate surface area is 107 Å². The van der Waals surface area contributed by atoms with Crippen LogP contribution in [-0.2, 0) is 0 Å². The molecule has 1 aliphatic heterocycles. The van der Waals surface area contributed by atoms with Gasteiger partial charge in [0.05, 0.1) is 24.2 Å². The zero-order valence-corrected chi connectivity index (χ0v) is 10.8. The first-order valence-electron chi connectivity index (χ1n) is 6.22. The number of benzene rings is 1. The van der Waals surface area contributed by atoms with Crippen molar-refractivity contribution in [2.45, 2.75) is 25.4 Å². The molecule has 0 N–H and O–H groups in total. The molecule has 3 nitrogen and oxygen atoms in total. The highest BCUT2D eigenvalue weighted by Gasteiger charge is 2.31. The molecule has 0 saturated carbocycles. The molecule has 1 heterocycles. The fourth-order valence-corrected chi connectivity index (χ4v) is 2.78. The van der Waals surface area contributed by atoms with Crippen LogP contribution in [0, 0.1) is 17.1 Å². The summed E-state index contributed by atoms with van der Waals surface area (Å²) in [6.45, 7) is 3.76. The molecule has 18 heavy (non-hydrogen) atoms. The van der Waals surface area contributed by atoms with Gasteiger partial charge in [0.1, 0.15) is 5.82 Å². The molecule has 1 saturated heterocycles. The van der Waals surface area contributed by atoms with Gasteiger partial charge in [0, 0.05) is 19.1 Å². The van der Waals surface area contributed by atoms with Crippen molar-refractivity contribution in [1.82, 2.24) is 4.90 Å². The van der Waals surface area contributed by atoms with E-state index >= 15 is 0 Å². The standard InChI is InChI=1S/C14H18FN3/c1-11-9-17(2)10-12(7-8-16)18(11)14-6-4-3-5-13(14)15/h3-6,11-12H,7,9-10H2,1-2H3. The number of para-hydroxylation sites is 1. The highest BCUT2D eigenvalue weighted by atomic mass is 19.1. The van der Waals surface area contributed by atoms with E-state index in [1.165, 1.54) is 6.07 Å². The normalized spacial score (nSPS) is 24.9. The van der Waals surface area contributed by atoms with Crippen LogP contribution in [0.4, 0.5) is 10.1 Å². The van der Waals surface area contributed by atoms with E-state index < -0.39 is 0 Å². The van der Waals surface area contributed by atoms with Crippen LogP contribution < -0.4 is 4.90 Å². The molecular weight excluding hydrogens is 229 g/mol. The van der Waals surface area contributed by atoms with Gasteiger partial charge in [-0.1, -0.05) is 12.1 Å². The molecule has 1 aromatic rings. The van der Waals surface area contributed by atoms with E-state index in [0.717, 1.165) is 13.1 Å². The molecule has 96 valence electrons. The van der Waals surface area contributed by atoms with Gasteiger partial charge < -0.3 is 9.80 Å². The molecule has 2 rings (SSSR count). The van der Waals surface area contributed by atoms with Crippen LogP contribution in [0.2, 0.25) is 0 Å². The number of rotatable bonds is 2. The number of anilines is 1. The summed E-state index contributed by atoms with van der Waals surface area (Å²) in [5.41, 5.74) is 0.610. The Morgan fingerprint density at radius 2 is 2.11 bits per heavy atom. The van der Waals surface area contributed by atoms with Gasteiger partial charge in [0.25, 0.3) is 0 Å². The molecule has 0 aliphatic carbocycles. The highest BCUT2D eigenvalue weighted by molar-refractivity contribution is 5.50. The van der Waals surface area contributed by atoms with E-state index in [1.54, 1.807) is 12.1 Å². The lowest BCUT2D eigenvalue weighted by Gasteiger charge is -2.45. The van der Waals surface area contributed by atoms with Gasteiger partial charge in [-0.2, -0.15) is 5.26 Å². The summed E-state index contributed by atoms with van der Waals surface area (Å²) < 4.78 is 13.9. The van der Waals surface area contributed by atoms with Gasteiger partial charge in [0.15, 0.2) is 0 Å². The van der Waals surface area contributed by atoms with Crippen molar-refractivity contribution in [2.24, 2.45) is 0 Å². The van der Waals surface area contributed by atoms with Gasteiger partial charge in [-0.15, -0.1) is 0 Å². The second-order valence-electron chi connectivity index (χ2n) is 4.94. The van der Waals surface area contributed by atoms with Crippen molar-refractivity contribution < 1.29 is 4.39 Å². The second-order valence-corrected chi connectivity index (χ2v) is 4.94. The quantitative estimate of drug-likeness (QED) is 0.803. The van der Waals surface area contributed by atoms with E-state index in [1.807, 2.05) is 13.1 Å². The van der Waals surface area contributed by atoms with E-state index in [4.69, 9.17) is 5.26 Å².